The number of morpholine rings is 1. The van der Waals surface area contributed by atoms with Gasteiger partial charge in [-0.1, -0.05) is 0 Å². The van der Waals surface area contributed by atoms with E-state index in [1.165, 1.54) is 0 Å². The maximum atomic E-state index is 11.9. The molecule has 0 unspecified atom stereocenters. The Balaban J connectivity index is 0.00000324. The van der Waals surface area contributed by atoms with Crippen molar-refractivity contribution in [1.29, 1.82) is 0 Å². The van der Waals surface area contributed by atoms with Gasteiger partial charge in [0, 0.05) is 13.1 Å². The van der Waals surface area contributed by atoms with Gasteiger partial charge >= 0.3 is 0 Å². The average Bonchev–Trinajstić information content (AvgIpc) is 2.28. The fourth-order valence-electron chi connectivity index (χ4n) is 1.48. The van der Waals surface area contributed by atoms with Gasteiger partial charge in [0.2, 0.25) is 0 Å². The van der Waals surface area contributed by atoms with Crippen LogP contribution in [-0.2, 0) is 14.6 Å². The summed E-state index contributed by atoms with van der Waals surface area (Å²) in [5, 5.41) is 0. The highest BCUT2D eigenvalue weighted by molar-refractivity contribution is 14.0. The molecule has 0 saturated carbocycles. The zero-order valence-electron chi connectivity index (χ0n) is 11.8. The van der Waals surface area contributed by atoms with Crippen molar-refractivity contribution >= 4 is 39.8 Å². The van der Waals surface area contributed by atoms with Crippen LogP contribution in [0.4, 0.5) is 0 Å². The molecule has 1 heterocycles. The predicted octanol–water partition coefficient (Wildman–Crippen LogP) is 0.465. The number of hydrogen-bond donors (Lipinski definition) is 1. The maximum absolute atomic E-state index is 11.9. The molecule has 1 aliphatic heterocycles. The molecule has 0 bridgehead atoms. The van der Waals surface area contributed by atoms with E-state index in [0.29, 0.717) is 32.3 Å². The second-order valence-corrected chi connectivity index (χ2v) is 8.13. The van der Waals surface area contributed by atoms with Gasteiger partial charge in [-0.3, -0.25) is 4.99 Å². The standard InChI is InChI=1S/C11H23N3O3S.HI/c1-11(2,3)18(15,16)9-4-13-10(12)14-5-7-17-8-6-14;/h4-9H2,1-3H3,(H2,12,13);1H. The van der Waals surface area contributed by atoms with Crippen molar-refractivity contribution in [3.05, 3.63) is 0 Å². The Morgan fingerprint density at radius 3 is 2.32 bits per heavy atom. The highest BCUT2D eigenvalue weighted by atomic mass is 127. The van der Waals surface area contributed by atoms with Gasteiger partial charge in [-0.05, 0) is 20.8 Å². The molecular formula is C11H24IN3O3S. The minimum atomic E-state index is -3.13. The van der Waals surface area contributed by atoms with Crippen molar-refractivity contribution in [3.63, 3.8) is 0 Å². The minimum Gasteiger partial charge on any atom is -0.378 e. The molecule has 0 atom stereocenters. The molecule has 0 aromatic carbocycles. The van der Waals surface area contributed by atoms with E-state index in [1.54, 1.807) is 20.8 Å². The van der Waals surface area contributed by atoms with Crippen LogP contribution in [0.5, 0.6) is 0 Å². The van der Waals surface area contributed by atoms with Gasteiger partial charge in [-0.25, -0.2) is 8.42 Å². The van der Waals surface area contributed by atoms with Crippen molar-refractivity contribution in [2.75, 3.05) is 38.6 Å². The molecule has 114 valence electrons. The van der Waals surface area contributed by atoms with Crippen molar-refractivity contribution in [3.8, 4) is 0 Å². The number of aliphatic imine (C=N–C) groups is 1. The van der Waals surface area contributed by atoms with Gasteiger partial charge in [0.15, 0.2) is 15.8 Å². The van der Waals surface area contributed by atoms with Crippen molar-refractivity contribution in [1.82, 2.24) is 4.90 Å². The van der Waals surface area contributed by atoms with Crippen LogP contribution in [-0.4, -0.2) is 62.6 Å². The number of nitrogens with zero attached hydrogens (tertiary/aromatic N) is 2. The van der Waals surface area contributed by atoms with Crippen LogP contribution in [0.25, 0.3) is 0 Å². The summed E-state index contributed by atoms with van der Waals surface area (Å²) in [4.78, 5) is 6.04. The van der Waals surface area contributed by atoms with Crippen LogP contribution in [0, 0.1) is 0 Å². The lowest BCUT2D eigenvalue weighted by molar-refractivity contribution is 0.0674. The Morgan fingerprint density at radius 1 is 1.32 bits per heavy atom. The van der Waals surface area contributed by atoms with Gasteiger partial charge in [-0.2, -0.15) is 0 Å². The second-order valence-electron chi connectivity index (χ2n) is 5.27. The van der Waals surface area contributed by atoms with E-state index in [-0.39, 0.29) is 36.3 Å². The largest absolute Gasteiger partial charge is 0.378 e. The Bertz CT molecular complexity index is 398. The number of rotatable bonds is 3. The molecule has 1 fully saturated rings. The highest BCUT2D eigenvalue weighted by Gasteiger charge is 2.28. The predicted molar refractivity (Wildman–Crippen MR) is 87.8 cm³/mol. The summed E-state index contributed by atoms with van der Waals surface area (Å²) < 4.78 is 28.2. The van der Waals surface area contributed by atoms with E-state index in [2.05, 4.69) is 4.99 Å². The second kappa shape index (κ2) is 7.63. The monoisotopic (exact) mass is 405 g/mol. The molecule has 1 saturated heterocycles. The first-order valence-electron chi connectivity index (χ1n) is 6.09. The van der Waals surface area contributed by atoms with Crippen LogP contribution in [0.2, 0.25) is 0 Å². The maximum Gasteiger partial charge on any atom is 0.191 e. The summed E-state index contributed by atoms with van der Waals surface area (Å²) in [5.74, 6) is 0.434. The summed E-state index contributed by atoms with van der Waals surface area (Å²) in [6.07, 6.45) is 0. The van der Waals surface area contributed by atoms with Gasteiger partial charge in [0.25, 0.3) is 0 Å². The van der Waals surface area contributed by atoms with Gasteiger partial charge in [-0.15, -0.1) is 24.0 Å². The lowest BCUT2D eigenvalue weighted by atomic mass is 10.3. The zero-order chi connectivity index (χ0) is 13.8. The highest BCUT2D eigenvalue weighted by Crippen LogP contribution is 2.15. The van der Waals surface area contributed by atoms with Crippen molar-refractivity contribution in [2.24, 2.45) is 10.7 Å². The van der Waals surface area contributed by atoms with Gasteiger partial charge < -0.3 is 15.4 Å². The number of hydrogen-bond acceptors (Lipinski definition) is 4. The third kappa shape index (κ3) is 5.82. The summed E-state index contributed by atoms with van der Waals surface area (Å²) >= 11 is 0. The minimum absolute atomic E-state index is 0. The quantitative estimate of drug-likeness (QED) is 0.419. The van der Waals surface area contributed by atoms with E-state index in [1.807, 2.05) is 4.90 Å². The Kier molecular flexibility index (Phi) is 7.59. The molecule has 0 aromatic rings. The average molecular weight is 405 g/mol. The molecule has 6 nitrogen and oxygen atoms in total. The molecule has 0 amide bonds. The Labute approximate surface area is 132 Å². The third-order valence-electron chi connectivity index (χ3n) is 2.90. The van der Waals surface area contributed by atoms with Crippen LogP contribution in [0.15, 0.2) is 4.99 Å². The number of guanidine groups is 1. The smallest absolute Gasteiger partial charge is 0.191 e. The number of nitrogens with two attached hydrogens (primary N) is 1. The molecule has 8 heteroatoms. The van der Waals surface area contributed by atoms with Crippen LogP contribution in [0.3, 0.4) is 0 Å². The number of halogens is 1. The van der Waals surface area contributed by atoms with Crippen LogP contribution < -0.4 is 5.73 Å². The topological polar surface area (TPSA) is 85.0 Å². The summed E-state index contributed by atoms with van der Waals surface area (Å²) in [6, 6.07) is 0. The lowest BCUT2D eigenvalue weighted by Crippen LogP contribution is -2.45. The summed E-state index contributed by atoms with van der Waals surface area (Å²) in [6.45, 7) is 7.98. The number of sulfone groups is 1. The SMILES string of the molecule is CC(C)(C)S(=O)(=O)CCN=C(N)N1CCOCC1.I. The molecule has 1 aliphatic rings. The normalized spacial score (nSPS) is 18.1. The van der Waals surface area contributed by atoms with Gasteiger partial charge in [0.05, 0.1) is 30.3 Å². The molecule has 0 aromatic heterocycles. The first kappa shape index (κ1) is 18.9. The number of ether oxygens (including phenoxy) is 1. The fourth-order valence-corrected chi connectivity index (χ4v) is 2.42. The molecule has 1 rings (SSSR count). The lowest BCUT2D eigenvalue weighted by Gasteiger charge is -2.27. The molecule has 0 spiro atoms. The van der Waals surface area contributed by atoms with Crippen LogP contribution in [0.1, 0.15) is 20.8 Å². The summed E-state index contributed by atoms with van der Waals surface area (Å²) in [7, 11) is -3.13. The van der Waals surface area contributed by atoms with E-state index < -0.39 is 14.6 Å². The fraction of sp³-hybridized carbons (Fsp3) is 0.909. The first-order valence-corrected chi connectivity index (χ1v) is 7.74. The van der Waals surface area contributed by atoms with E-state index >= 15 is 0 Å². The molecule has 0 radical (unpaired) electrons. The van der Waals surface area contributed by atoms with E-state index in [9.17, 15) is 8.42 Å². The van der Waals surface area contributed by atoms with Crippen LogP contribution >= 0.6 is 24.0 Å². The van der Waals surface area contributed by atoms with Crippen molar-refractivity contribution < 1.29 is 13.2 Å². The third-order valence-corrected chi connectivity index (χ3v) is 5.49. The Morgan fingerprint density at radius 2 is 1.84 bits per heavy atom. The Hall–Kier alpha value is -0.0900. The van der Waals surface area contributed by atoms with Crippen molar-refractivity contribution in [2.45, 2.75) is 25.5 Å². The molecule has 0 aliphatic carbocycles. The first-order chi connectivity index (χ1) is 8.24. The summed E-state index contributed by atoms with van der Waals surface area (Å²) in [5.41, 5.74) is 5.81. The zero-order valence-corrected chi connectivity index (χ0v) is 14.9. The molecule has 19 heavy (non-hydrogen) atoms. The van der Waals surface area contributed by atoms with E-state index in [0.717, 1.165) is 0 Å². The molecule has 2 N–H and O–H groups in total. The van der Waals surface area contributed by atoms with Gasteiger partial charge in [0.1, 0.15) is 0 Å². The molecular weight excluding hydrogens is 381 g/mol. The van der Waals surface area contributed by atoms with E-state index in [4.69, 9.17) is 10.5 Å².